The largest absolute Gasteiger partial charge is 0.497 e. The highest BCUT2D eigenvalue weighted by Crippen LogP contribution is 2.19. The molecular weight excluding hydrogens is 270 g/mol. The highest BCUT2D eigenvalue weighted by Gasteiger charge is 2.08. The normalized spacial score (nSPS) is 12.1. The second kappa shape index (κ2) is 6.57. The number of nitrogen functional groups attached to an aromatic ring is 1. The van der Waals surface area contributed by atoms with Gasteiger partial charge in [-0.15, -0.1) is 0 Å². The van der Waals surface area contributed by atoms with E-state index in [1.807, 2.05) is 49.4 Å². The molecule has 2 aromatic rings. The van der Waals surface area contributed by atoms with Crippen molar-refractivity contribution in [3.63, 3.8) is 0 Å². The molecule has 106 valence electrons. The monoisotopic (exact) mass is 289 g/mol. The number of nitrogens with two attached hydrogens (primary N) is 1. The zero-order valence-electron chi connectivity index (χ0n) is 11.8. The van der Waals surface area contributed by atoms with Gasteiger partial charge in [-0.05, 0) is 48.7 Å². The number of benzene rings is 2. The van der Waals surface area contributed by atoms with E-state index in [9.17, 15) is 4.21 Å². The van der Waals surface area contributed by atoms with E-state index in [-0.39, 0.29) is 0 Å². The molecule has 2 N–H and O–H groups in total. The lowest BCUT2D eigenvalue weighted by Gasteiger charge is -2.07. The molecule has 1 atom stereocenters. The van der Waals surface area contributed by atoms with Crippen molar-refractivity contribution in [3.05, 3.63) is 53.6 Å². The molecule has 0 fully saturated rings. The van der Waals surface area contributed by atoms with Crippen LogP contribution in [0.15, 0.2) is 47.4 Å². The van der Waals surface area contributed by atoms with Crippen molar-refractivity contribution in [2.75, 3.05) is 18.6 Å². The summed E-state index contributed by atoms with van der Waals surface area (Å²) in [5.74, 6) is 1.40. The Bertz CT molecular complexity index is 608. The number of methoxy groups -OCH3 is 1. The van der Waals surface area contributed by atoms with Gasteiger partial charge < -0.3 is 10.5 Å². The minimum atomic E-state index is -1.07. The smallest absolute Gasteiger partial charge is 0.118 e. The van der Waals surface area contributed by atoms with Crippen LogP contribution in [-0.2, 0) is 17.2 Å². The molecule has 0 aliphatic rings. The van der Waals surface area contributed by atoms with E-state index >= 15 is 0 Å². The van der Waals surface area contributed by atoms with Gasteiger partial charge >= 0.3 is 0 Å². The molecule has 0 saturated heterocycles. The highest BCUT2D eigenvalue weighted by atomic mass is 32.2. The van der Waals surface area contributed by atoms with E-state index in [4.69, 9.17) is 10.5 Å². The SMILES string of the molecule is COc1ccc(CCS(=O)c2ccc(C)cc2N)cc1. The standard InChI is InChI=1S/C16H19NO2S/c1-12-3-8-16(15(17)11-12)20(18)10-9-13-4-6-14(19-2)7-5-13/h3-8,11H,9-10,17H2,1-2H3. The van der Waals surface area contributed by atoms with Gasteiger partial charge in [0.25, 0.3) is 0 Å². The van der Waals surface area contributed by atoms with Gasteiger partial charge in [-0.2, -0.15) is 0 Å². The molecule has 0 spiro atoms. The van der Waals surface area contributed by atoms with E-state index in [2.05, 4.69) is 0 Å². The van der Waals surface area contributed by atoms with Crippen molar-refractivity contribution in [1.29, 1.82) is 0 Å². The van der Waals surface area contributed by atoms with Crippen LogP contribution in [0.2, 0.25) is 0 Å². The summed E-state index contributed by atoms with van der Waals surface area (Å²) in [7, 11) is 0.576. The summed E-state index contributed by atoms with van der Waals surface area (Å²) in [4.78, 5) is 0.726. The van der Waals surface area contributed by atoms with E-state index in [1.165, 1.54) is 0 Å². The fourth-order valence-corrected chi connectivity index (χ4v) is 3.17. The third-order valence-electron chi connectivity index (χ3n) is 3.15. The molecule has 0 radical (unpaired) electrons. The average Bonchev–Trinajstić information content (AvgIpc) is 2.45. The predicted octanol–water partition coefficient (Wildman–Crippen LogP) is 2.94. The first-order chi connectivity index (χ1) is 9.60. The molecule has 2 aromatic carbocycles. The number of ether oxygens (including phenoxy) is 1. The zero-order chi connectivity index (χ0) is 14.5. The molecular formula is C16H19NO2S. The molecule has 0 aliphatic heterocycles. The quantitative estimate of drug-likeness (QED) is 0.861. The first-order valence-corrected chi connectivity index (χ1v) is 7.79. The van der Waals surface area contributed by atoms with Gasteiger partial charge in [0.1, 0.15) is 5.75 Å². The Labute approximate surface area is 122 Å². The van der Waals surface area contributed by atoms with Gasteiger partial charge in [0.05, 0.1) is 22.8 Å². The number of hydrogen-bond donors (Lipinski definition) is 1. The summed E-state index contributed by atoms with van der Waals surface area (Å²) in [6, 6.07) is 13.5. The summed E-state index contributed by atoms with van der Waals surface area (Å²) < 4.78 is 17.4. The van der Waals surface area contributed by atoms with E-state index in [0.29, 0.717) is 11.4 Å². The molecule has 0 amide bonds. The Morgan fingerprint density at radius 3 is 2.45 bits per heavy atom. The Balaban J connectivity index is 2.00. The maximum absolute atomic E-state index is 12.3. The predicted molar refractivity (Wildman–Crippen MR) is 83.6 cm³/mol. The fraction of sp³-hybridized carbons (Fsp3) is 0.250. The maximum Gasteiger partial charge on any atom is 0.118 e. The highest BCUT2D eigenvalue weighted by molar-refractivity contribution is 7.85. The first-order valence-electron chi connectivity index (χ1n) is 6.47. The summed E-state index contributed by atoms with van der Waals surface area (Å²) >= 11 is 0. The lowest BCUT2D eigenvalue weighted by molar-refractivity contribution is 0.414. The van der Waals surface area contributed by atoms with Crippen LogP contribution in [-0.4, -0.2) is 17.1 Å². The minimum Gasteiger partial charge on any atom is -0.497 e. The zero-order valence-corrected chi connectivity index (χ0v) is 12.6. The molecule has 0 aromatic heterocycles. The van der Waals surface area contributed by atoms with Crippen molar-refractivity contribution in [1.82, 2.24) is 0 Å². The number of aryl methyl sites for hydroxylation is 2. The Hall–Kier alpha value is -1.81. The van der Waals surface area contributed by atoms with Crippen LogP contribution in [0.4, 0.5) is 5.69 Å². The third-order valence-corrected chi connectivity index (χ3v) is 4.58. The maximum atomic E-state index is 12.3. The van der Waals surface area contributed by atoms with Gasteiger partial charge in [-0.1, -0.05) is 18.2 Å². The van der Waals surface area contributed by atoms with Crippen LogP contribution in [0.25, 0.3) is 0 Å². The lowest BCUT2D eigenvalue weighted by atomic mass is 10.2. The van der Waals surface area contributed by atoms with Crippen molar-refractivity contribution in [3.8, 4) is 5.75 Å². The molecule has 20 heavy (non-hydrogen) atoms. The summed E-state index contributed by atoms with van der Waals surface area (Å²) in [5.41, 5.74) is 8.75. The molecule has 0 aliphatic carbocycles. The number of hydrogen-bond acceptors (Lipinski definition) is 3. The lowest BCUT2D eigenvalue weighted by Crippen LogP contribution is -2.05. The number of anilines is 1. The van der Waals surface area contributed by atoms with Crippen LogP contribution in [0.3, 0.4) is 0 Å². The molecule has 0 saturated carbocycles. The number of rotatable bonds is 5. The van der Waals surface area contributed by atoms with Gasteiger partial charge in [0, 0.05) is 11.4 Å². The molecule has 0 heterocycles. The van der Waals surface area contributed by atoms with E-state index < -0.39 is 10.8 Å². The van der Waals surface area contributed by atoms with Crippen molar-refractivity contribution < 1.29 is 8.95 Å². The van der Waals surface area contributed by atoms with Crippen LogP contribution < -0.4 is 10.5 Å². The molecule has 4 heteroatoms. The Kier molecular flexibility index (Phi) is 4.79. The summed E-state index contributed by atoms with van der Waals surface area (Å²) in [5, 5.41) is 0. The summed E-state index contributed by atoms with van der Waals surface area (Å²) in [6.45, 7) is 1.97. The van der Waals surface area contributed by atoms with Crippen LogP contribution >= 0.6 is 0 Å². The van der Waals surface area contributed by atoms with Crippen LogP contribution in [0.5, 0.6) is 5.75 Å². The first kappa shape index (κ1) is 14.6. The molecule has 2 rings (SSSR count). The van der Waals surface area contributed by atoms with E-state index in [1.54, 1.807) is 7.11 Å². The van der Waals surface area contributed by atoms with Crippen molar-refractivity contribution >= 4 is 16.5 Å². The average molecular weight is 289 g/mol. The third kappa shape index (κ3) is 3.61. The second-order valence-corrected chi connectivity index (χ2v) is 6.23. The molecule has 0 bridgehead atoms. The molecule has 3 nitrogen and oxygen atoms in total. The Morgan fingerprint density at radius 1 is 1.15 bits per heavy atom. The summed E-state index contributed by atoms with van der Waals surface area (Å²) in [6.07, 6.45) is 0.754. The fourth-order valence-electron chi connectivity index (χ4n) is 1.99. The van der Waals surface area contributed by atoms with Crippen LogP contribution in [0, 0.1) is 6.92 Å². The van der Waals surface area contributed by atoms with Gasteiger partial charge in [0.2, 0.25) is 0 Å². The second-order valence-electron chi connectivity index (χ2n) is 4.69. The van der Waals surface area contributed by atoms with Gasteiger partial charge in [-0.3, -0.25) is 4.21 Å². The van der Waals surface area contributed by atoms with Gasteiger partial charge in [-0.25, -0.2) is 0 Å². The van der Waals surface area contributed by atoms with E-state index in [0.717, 1.165) is 28.2 Å². The van der Waals surface area contributed by atoms with Crippen molar-refractivity contribution in [2.24, 2.45) is 0 Å². The van der Waals surface area contributed by atoms with Gasteiger partial charge in [0.15, 0.2) is 0 Å². The van der Waals surface area contributed by atoms with Crippen LogP contribution in [0.1, 0.15) is 11.1 Å². The topological polar surface area (TPSA) is 52.3 Å². The molecule has 1 unspecified atom stereocenters. The van der Waals surface area contributed by atoms with Crippen molar-refractivity contribution in [2.45, 2.75) is 18.2 Å². The Morgan fingerprint density at radius 2 is 1.85 bits per heavy atom. The minimum absolute atomic E-state index is 0.569.